The summed E-state index contributed by atoms with van der Waals surface area (Å²) >= 11 is 0. The minimum Gasteiger partial charge on any atom is -0.455 e. The topological polar surface area (TPSA) is 67.4 Å². The van der Waals surface area contributed by atoms with Crippen LogP contribution in [0.25, 0.3) is 0 Å². The number of nitrogens with one attached hydrogen (secondary N) is 1. The van der Waals surface area contributed by atoms with E-state index in [1.807, 2.05) is 54.6 Å². The summed E-state index contributed by atoms with van der Waals surface area (Å²) in [6.45, 7) is 2.80. The molecule has 0 radical (unpaired) electrons. The number of hydrogen-bond donors (Lipinski definition) is 1. The van der Waals surface area contributed by atoms with Gasteiger partial charge in [-0.05, 0) is 30.7 Å². The highest BCUT2D eigenvalue weighted by molar-refractivity contribution is 5.91. The number of amides is 1. The van der Waals surface area contributed by atoms with Crippen molar-refractivity contribution in [3.05, 3.63) is 72.7 Å². The summed E-state index contributed by atoms with van der Waals surface area (Å²) in [7, 11) is 1.78. The second-order valence-electron chi connectivity index (χ2n) is 6.40. The van der Waals surface area contributed by atoms with Gasteiger partial charge in [0.15, 0.2) is 5.75 Å². The third kappa shape index (κ3) is 5.07. The molecule has 0 spiro atoms. The molecule has 0 aliphatic carbocycles. The van der Waals surface area contributed by atoms with Gasteiger partial charge in [0.25, 0.3) is 5.91 Å². The molecule has 0 saturated carbocycles. The van der Waals surface area contributed by atoms with E-state index in [0.717, 1.165) is 24.3 Å². The maximum Gasteiger partial charge on any atom is 0.273 e. The van der Waals surface area contributed by atoms with Crippen LogP contribution in [0.3, 0.4) is 0 Å². The van der Waals surface area contributed by atoms with E-state index in [2.05, 4.69) is 22.2 Å². The van der Waals surface area contributed by atoms with Gasteiger partial charge < -0.3 is 15.0 Å². The molecule has 3 aromatic rings. The molecule has 2 aromatic carbocycles. The number of unbranched alkanes of at least 4 members (excludes halogenated alkanes) is 1. The number of anilines is 2. The van der Waals surface area contributed by atoms with Crippen molar-refractivity contribution in [3.8, 4) is 11.5 Å². The summed E-state index contributed by atoms with van der Waals surface area (Å²) in [5.41, 5.74) is 1.10. The molecule has 0 aliphatic rings. The lowest BCUT2D eigenvalue weighted by molar-refractivity contribution is 0.0787. The fraction of sp³-hybridized carbons (Fsp3) is 0.227. The van der Waals surface area contributed by atoms with Gasteiger partial charge in [-0.2, -0.15) is 0 Å². The highest BCUT2D eigenvalue weighted by atomic mass is 16.5. The van der Waals surface area contributed by atoms with Gasteiger partial charge in [-0.3, -0.25) is 4.79 Å². The van der Waals surface area contributed by atoms with Crippen LogP contribution in [0, 0.1) is 0 Å². The number of carbonyl (C=O) groups excluding carboxylic acids is 1. The smallest absolute Gasteiger partial charge is 0.273 e. The van der Waals surface area contributed by atoms with E-state index in [9.17, 15) is 4.79 Å². The minimum absolute atomic E-state index is 0.125. The fourth-order valence-electron chi connectivity index (χ4n) is 2.61. The molecular formula is C22H24N4O2. The van der Waals surface area contributed by atoms with Crippen LogP contribution in [-0.4, -0.2) is 34.4 Å². The highest BCUT2D eigenvalue weighted by Gasteiger charge is 2.13. The van der Waals surface area contributed by atoms with Crippen LogP contribution >= 0.6 is 0 Å². The van der Waals surface area contributed by atoms with Gasteiger partial charge in [0, 0.05) is 13.6 Å². The van der Waals surface area contributed by atoms with Crippen molar-refractivity contribution in [2.75, 3.05) is 18.9 Å². The highest BCUT2D eigenvalue weighted by Crippen LogP contribution is 2.30. The Hall–Kier alpha value is -3.41. The lowest BCUT2D eigenvalue weighted by atomic mass is 10.3. The standard InChI is InChI=1S/C22H24N4O2/c1-3-4-14-26(2)22(27)19-15-24-21(16-23-19)25-18-12-8-9-13-20(18)28-17-10-6-5-7-11-17/h5-13,15-16H,3-4,14H2,1-2H3,(H,24,25). The van der Waals surface area contributed by atoms with E-state index in [1.165, 1.54) is 6.20 Å². The molecule has 1 aromatic heterocycles. The predicted molar refractivity (Wildman–Crippen MR) is 110 cm³/mol. The first-order valence-electron chi connectivity index (χ1n) is 9.34. The summed E-state index contributed by atoms with van der Waals surface area (Å²) in [4.78, 5) is 22.6. The Balaban J connectivity index is 1.70. The second-order valence-corrected chi connectivity index (χ2v) is 6.40. The molecular weight excluding hydrogens is 352 g/mol. The summed E-state index contributed by atoms with van der Waals surface area (Å²) in [6.07, 6.45) is 5.05. The molecule has 1 heterocycles. The van der Waals surface area contributed by atoms with E-state index in [1.54, 1.807) is 18.1 Å². The third-order valence-corrected chi connectivity index (χ3v) is 4.19. The average Bonchev–Trinajstić information content (AvgIpc) is 2.74. The van der Waals surface area contributed by atoms with Gasteiger partial charge >= 0.3 is 0 Å². The molecule has 28 heavy (non-hydrogen) atoms. The van der Waals surface area contributed by atoms with Crippen molar-refractivity contribution in [1.82, 2.24) is 14.9 Å². The molecule has 6 nitrogen and oxygen atoms in total. The van der Waals surface area contributed by atoms with E-state index >= 15 is 0 Å². The maximum atomic E-state index is 12.4. The average molecular weight is 376 g/mol. The Kier molecular flexibility index (Phi) is 6.57. The Labute approximate surface area is 165 Å². The van der Waals surface area contributed by atoms with Gasteiger partial charge in [-0.25, -0.2) is 9.97 Å². The first-order chi connectivity index (χ1) is 13.7. The lowest BCUT2D eigenvalue weighted by Crippen LogP contribution is -2.28. The quantitative estimate of drug-likeness (QED) is 0.606. The molecule has 3 rings (SSSR count). The minimum atomic E-state index is -0.125. The van der Waals surface area contributed by atoms with E-state index in [-0.39, 0.29) is 5.91 Å². The molecule has 1 amide bonds. The maximum absolute atomic E-state index is 12.4. The molecule has 6 heteroatoms. The summed E-state index contributed by atoms with van der Waals surface area (Å²) in [5.74, 6) is 1.84. The number of aromatic nitrogens is 2. The van der Waals surface area contributed by atoms with Crippen LogP contribution in [0.5, 0.6) is 11.5 Å². The lowest BCUT2D eigenvalue weighted by Gasteiger charge is -2.16. The Morgan fingerprint density at radius 3 is 2.50 bits per heavy atom. The van der Waals surface area contributed by atoms with Gasteiger partial charge in [0.1, 0.15) is 17.3 Å². The molecule has 0 bridgehead atoms. The predicted octanol–water partition coefficient (Wildman–Crippen LogP) is 4.88. The first kappa shape index (κ1) is 19.4. The zero-order valence-corrected chi connectivity index (χ0v) is 16.1. The largest absolute Gasteiger partial charge is 0.455 e. The normalized spacial score (nSPS) is 10.4. The van der Waals surface area contributed by atoms with Crippen molar-refractivity contribution < 1.29 is 9.53 Å². The molecule has 0 aliphatic heterocycles. The van der Waals surface area contributed by atoms with Crippen LogP contribution in [0.15, 0.2) is 67.0 Å². The molecule has 1 N–H and O–H groups in total. The van der Waals surface area contributed by atoms with Crippen molar-refractivity contribution in [2.45, 2.75) is 19.8 Å². The van der Waals surface area contributed by atoms with Gasteiger partial charge in [-0.1, -0.05) is 43.7 Å². The fourth-order valence-corrected chi connectivity index (χ4v) is 2.61. The molecule has 0 unspecified atom stereocenters. The van der Waals surface area contributed by atoms with Crippen molar-refractivity contribution in [2.24, 2.45) is 0 Å². The Morgan fingerprint density at radius 1 is 1.04 bits per heavy atom. The zero-order chi connectivity index (χ0) is 19.8. The Morgan fingerprint density at radius 2 is 1.79 bits per heavy atom. The van der Waals surface area contributed by atoms with E-state index < -0.39 is 0 Å². The molecule has 0 saturated heterocycles. The second kappa shape index (κ2) is 9.50. The number of hydrogen-bond acceptors (Lipinski definition) is 5. The summed E-state index contributed by atoms with van der Waals surface area (Å²) < 4.78 is 5.94. The van der Waals surface area contributed by atoms with Gasteiger partial charge in [0.2, 0.25) is 0 Å². The molecule has 0 fully saturated rings. The number of rotatable bonds is 8. The van der Waals surface area contributed by atoms with Crippen molar-refractivity contribution in [3.63, 3.8) is 0 Å². The monoisotopic (exact) mass is 376 g/mol. The Bertz CT molecular complexity index is 898. The summed E-state index contributed by atoms with van der Waals surface area (Å²) in [6, 6.07) is 17.2. The SMILES string of the molecule is CCCCN(C)C(=O)c1cnc(Nc2ccccc2Oc2ccccc2)cn1. The molecule has 0 atom stereocenters. The number of nitrogens with zero attached hydrogens (tertiary/aromatic N) is 3. The van der Waals surface area contributed by atoms with Crippen molar-refractivity contribution in [1.29, 1.82) is 0 Å². The van der Waals surface area contributed by atoms with E-state index in [4.69, 9.17) is 4.74 Å². The van der Waals surface area contributed by atoms with Crippen LogP contribution in [0.1, 0.15) is 30.3 Å². The van der Waals surface area contributed by atoms with Crippen LogP contribution in [0.4, 0.5) is 11.5 Å². The first-order valence-corrected chi connectivity index (χ1v) is 9.34. The van der Waals surface area contributed by atoms with E-state index in [0.29, 0.717) is 23.8 Å². The van der Waals surface area contributed by atoms with Crippen LogP contribution in [0.2, 0.25) is 0 Å². The number of para-hydroxylation sites is 3. The number of benzene rings is 2. The zero-order valence-electron chi connectivity index (χ0n) is 16.1. The van der Waals surface area contributed by atoms with Gasteiger partial charge in [0.05, 0.1) is 18.1 Å². The van der Waals surface area contributed by atoms with Crippen molar-refractivity contribution >= 4 is 17.4 Å². The van der Waals surface area contributed by atoms with Gasteiger partial charge in [-0.15, -0.1) is 0 Å². The third-order valence-electron chi connectivity index (χ3n) is 4.19. The van der Waals surface area contributed by atoms with Crippen LogP contribution < -0.4 is 10.1 Å². The summed E-state index contributed by atoms with van der Waals surface area (Å²) in [5, 5.41) is 3.20. The number of carbonyl (C=O) groups is 1. The number of ether oxygens (including phenoxy) is 1. The molecule has 144 valence electrons. The van der Waals surface area contributed by atoms with Crippen LogP contribution in [-0.2, 0) is 0 Å².